The van der Waals surface area contributed by atoms with Crippen LogP contribution in [0.3, 0.4) is 0 Å². The molecule has 4 rings (SSSR count). The van der Waals surface area contributed by atoms with Crippen LogP contribution < -0.4 is 14.8 Å². The first-order chi connectivity index (χ1) is 11.8. The summed E-state index contributed by atoms with van der Waals surface area (Å²) in [6.45, 7) is 0.162. The second-order valence-electron chi connectivity index (χ2n) is 5.16. The average molecular weight is 323 g/mol. The molecule has 1 atom stereocenters. The van der Waals surface area contributed by atoms with Gasteiger partial charge < -0.3 is 14.8 Å². The van der Waals surface area contributed by atoms with E-state index in [9.17, 15) is 4.79 Å². The summed E-state index contributed by atoms with van der Waals surface area (Å²) in [4.78, 5) is 12.4. The lowest BCUT2D eigenvalue weighted by molar-refractivity contribution is -0.125. The number of carbonyl (C=O) groups is 1. The number of nitrogens with zero attached hydrogens (tertiary/aromatic N) is 4. The number of hydrogen-bond acceptors (Lipinski definition) is 6. The van der Waals surface area contributed by atoms with Gasteiger partial charge in [0.05, 0.1) is 5.69 Å². The Balaban J connectivity index is 1.48. The lowest BCUT2D eigenvalue weighted by Gasteiger charge is -2.25. The Kier molecular flexibility index (Phi) is 3.54. The molecule has 3 aromatic rings. The third-order valence-electron chi connectivity index (χ3n) is 3.53. The minimum atomic E-state index is -0.711. The SMILES string of the molecule is O=C(Nc1cccc(-n2cnnn2)c1)[C@@H]1COc2ccccc2O1. The summed E-state index contributed by atoms with van der Waals surface area (Å²) in [5.41, 5.74) is 1.36. The van der Waals surface area contributed by atoms with Crippen molar-refractivity contribution in [3.05, 3.63) is 54.9 Å². The molecular formula is C16H13N5O3. The molecule has 0 aliphatic carbocycles. The summed E-state index contributed by atoms with van der Waals surface area (Å²) in [5.74, 6) is 0.923. The van der Waals surface area contributed by atoms with Crippen LogP contribution in [0.25, 0.3) is 5.69 Å². The highest BCUT2D eigenvalue weighted by atomic mass is 16.6. The van der Waals surface area contributed by atoms with E-state index in [4.69, 9.17) is 9.47 Å². The first-order valence-corrected chi connectivity index (χ1v) is 7.32. The van der Waals surface area contributed by atoms with E-state index >= 15 is 0 Å². The van der Waals surface area contributed by atoms with Crippen molar-refractivity contribution in [3.63, 3.8) is 0 Å². The first-order valence-electron chi connectivity index (χ1n) is 7.32. The Bertz CT molecular complexity index is 866. The average Bonchev–Trinajstić information content (AvgIpc) is 3.16. The molecule has 0 spiro atoms. The van der Waals surface area contributed by atoms with Crippen LogP contribution in [0.2, 0.25) is 0 Å². The molecule has 1 aromatic heterocycles. The van der Waals surface area contributed by atoms with Crippen LogP contribution in [0, 0.1) is 0 Å². The molecule has 8 nitrogen and oxygen atoms in total. The van der Waals surface area contributed by atoms with Crippen LogP contribution in [0.5, 0.6) is 11.5 Å². The van der Waals surface area contributed by atoms with Gasteiger partial charge in [-0.3, -0.25) is 4.79 Å². The molecule has 24 heavy (non-hydrogen) atoms. The second kappa shape index (κ2) is 5.99. The summed E-state index contributed by atoms with van der Waals surface area (Å²) in [5, 5.41) is 13.8. The molecule has 1 N–H and O–H groups in total. The maximum atomic E-state index is 12.4. The second-order valence-corrected chi connectivity index (χ2v) is 5.16. The number of hydrogen-bond donors (Lipinski definition) is 1. The molecule has 0 radical (unpaired) electrons. The molecule has 8 heteroatoms. The smallest absolute Gasteiger partial charge is 0.269 e. The Morgan fingerprint density at radius 3 is 2.88 bits per heavy atom. The maximum Gasteiger partial charge on any atom is 0.269 e. The van der Waals surface area contributed by atoms with E-state index in [-0.39, 0.29) is 12.5 Å². The highest BCUT2D eigenvalue weighted by molar-refractivity contribution is 5.95. The number of aromatic nitrogens is 4. The molecule has 1 amide bonds. The third-order valence-corrected chi connectivity index (χ3v) is 3.53. The molecule has 0 saturated carbocycles. The predicted octanol–water partition coefficient (Wildman–Crippen LogP) is 1.44. The first kappa shape index (κ1) is 14.2. The largest absolute Gasteiger partial charge is 0.485 e. The van der Waals surface area contributed by atoms with Gasteiger partial charge in [0.15, 0.2) is 11.5 Å². The minimum absolute atomic E-state index is 0.162. The number of ether oxygens (including phenoxy) is 2. The number of anilines is 1. The van der Waals surface area contributed by atoms with Crippen LogP contribution in [0.1, 0.15) is 0 Å². The van der Waals surface area contributed by atoms with Gasteiger partial charge in [-0.05, 0) is 40.8 Å². The normalized spacial score (nSPS) is 15.8. The monoisotopic (exact) mass is 323 g/mol. The van der Waals surface area contributed by atoms with Gasteiger partial charge in [0.1, 0.15) is 12.9 Å². The molecular weight excluding hydrogens is 310 g/mol. The standard InChI is InChI=1S/C16H13N5O3/c22-16(15-9-23-13-6-1-2-7-14(13)24-15)18-11-4-3-5-12(8-11)21-10-17-19-20-21/h1-8,10,15H,9H2,(H,18,22)/t15-/m0/s1. The quantitative estimate of drug-likeness (QED) is 0.784. The number of fused-ring (bicyclic) bond motifs is 1. The number of rotatable bonds is 3. The summed E-state index contributed by atoms with van der Waals surface area (Å²) in [6.07, 6.45) is 0.771. The number of carbonyl (C=O) groups excluding carboxylic acids is 1. The molecule has 0 saturated heterocycles. The van der Waals surface area contributed by atoms with E-state index in [2.05, 4.69) is 20.8 Å². The Hall–Kier alpha value is -3.42. The van der Waals surface area contributed by atoms with Crippen molar-refractivity contribution in [1.29, 1.82) is 0 Å². The topological polar surface area (TPSA) is 91.2 Å². The van der Waals surface area contributed by atoms with Crippen LogP contribution in [0.15, 0.2) is 54.9 Å². The predicted molar refractivity (Wildman–Crippen MR) is 84.1 cm³/mol. The van der Waals surface area contributed by atoms with Crippen molar-refractivity contribution in [3.8, 4) is 17.2 Å². The zero-order valence-electron chi connectivity index (χ0n) is 12.5. The van der Waals surface area contributed by atoms with Gasteiger partial charge in [0, 0.05) is 5.69 Å². The van der Waals surface area contributed by atoms with Gasteiger partial charge in [-0.25, -0.2) is 4.68 Å². The summed E-state index contributed by atoms with van der Waals surface area (Å²) >= 11 is 0. The van der Waals surface area contributed by atoms with Crippen molar-refractivity contribution < 1.29 is 14.3 Å². The van der Waals surface area contributed by atoms with Gasteiger partial charge in [-0.15, -0.1) is 5.10 Å². The molecule has 120 valence electrons. The van der Waals surface area contributed by atoms with Gasteiger partial charge in [-0.2, -0.15) is 0 Å². The Labute approximate surface area is 137 Å². The molecule has 0 fully saturated rings. The van der Waals surface area contributed by atoms with Crippen LogP contribution in [-0.4, -0.2) is 38.8 Å². The Morgan fingerprint density at radius 2 is 2.04 bits per heavy atom. The van der Waals surface area contributed by atoms with Crippen LogP contribution in [-0.2, 0) is 4.79 Å². The highest BCUT2D eigenvalue weighted by Crippen LogP contribution is 2.31. The van der Waals surface area contributed by atoms with Crippen LogP contribution in [0.4, 0.5) is 5.69 Å². The number of amides is 1. The number of benzene rings is 2. The number of para-hydroxylation sites is 2. The molecule has 2 aromatic carbocycles. The lowest BCUT2D eigenvalue weighted by Crippen LogP contribution is -2.40. The number of nitrogens with one attached hydrogen (secondary N) is 1. The fourth-order valence-electron chi connectivity index (χ4n) is 2.38. The summed E-state index contributed by atoms with van der Waals surface area (Å²) in [7, 11) is 0. The summed E-state index contributed by atoms with van der Waals surface area (Å²) < 4.78 is 12.8. The van der Waals surface area contributed by atoms with Gasteiger partial charge in [-0.1, -0.05) is 18.2 Å². The zero-order chi connectivity index (χ0) is 16.4. The fraction of sp³-hybridized carbons (Fsp3) is 0.125. The fourth-order valence-corrected chi connectivity index (χ4v) is 2.38. The van der Waals surface area contributed by atoms with E-state index < -0.39 is 6.10 Å². The van der Waals surface area contributed by atoms with Gasteiger partial charge in [0.25, 0.3) is 5.91 Å². The molecule has 2 heterocycles. The maximum absolute atomic E-state index is 12.4. The van der Waals surface area contributed by atoms with E-state index in [1.807, 2.05) is 18.2 Å². The lowest BCUT2D eigenvalue weighted by atomic mass is 10.2. The highest BCUT2D eigenvalue weighted by Gasteiger charge is 2.27. The van der Waals surface area contributed by atoms with Gasteiger partial charge >= 0.3 is 0 Å². The molecule has 1 aliphatic rings. The summed E-state index contributed by atoms with van der Waals surface area (Å²) in [6, 6.07) is 14.5. The molecule has 0 unspecified atom stereocenters. The van der Waals surface area contributed by atoms with Crippen molar-refractivity contribution in [2.24, 2.45) is 0 Å². The van der Waals surface area contributed by atoms with Crippen molar-refractivity contribution in [2.75, 3.05) is 11.9 Å². The minimum Gasteiger partial charge on any atom is -0.485 e. The van der Waals surface area contributed by atoms with Crippen molar-refractivity contribution in [1.82, 2.24) is 20.2 Å². The Morgan fingerprint density at radius 1 is 1.17 bits per heavy atom. The van der Waals surface area contributed by atoms with Crippen LogP contribution >= 0.6 is 0 Å². The van der Waals surface area contributed by atoms with Crippen molar-refractivity contribution in [2.45, 2.75) is 6.10 Å². The van der Waals surface area contributed by atoms with Gasteiger partial charge in [0.2, 0.25) is 6.10 Å². The molecule has 1 aliphatic heterocycles. The van der Waals surface area contributed by atoms with E-state index in [1.54, 1.807) is 30.3 Å². The van der Waals surface area contributed by atoms with E-state index in [1.165, 1.54) is 11.0 Å². The molecule has 0 bridgehead atoms. The van der Waals surface area contributed by atoms with Crippen molar-refractivity contribution >= 4 is 11.6 Å². The van der Waals surface area contributed by atoms with E-state index in [0.29, 0.717) is 17.2 Å². The zero-order valence-corrected chi connectivity index (χ0v) is 12.5. The van der Waals surface area contributed by atoms with E-state index in [0.717, 1.165) is 5.69 Å². The third kappa shape index (κ3) is 2.76. The number of tetrazole rings is 1.